The number of nitrogens with one attached hydrogen (secondary N) is 1. The second kappa shape index (κ2) is 7.13. The lowest BCUT2D eigenvalue weighted by molar-refractivity contribution is 0.0886. The zero-order valence-electron chi connectivity index (χ0n) is 12.3. The van der Waals surface area contributed by atoms with Gasteiger partial charge in [-0.3, -0.25) is 0 Å². The topological polar surface area (TPSA) is 35.5 Å². The molecular formula is C15H25ClN2O. The third kappa shape index (κ3) is 5.81. The fraction of sp³-hybridized carbons (Fsp3) is 0.600. The molecule has 0 saturated heterocycles. The Hall–Kier alpha value is -0.770. The van der Waals surface area contributed by atoms with Crippen molar-refractivity contribution >= 4 is 17.3 Å². The first-order valence-electron chi connectivity index (χ1n) is 6.76. The molecule has 0 spiro atoms. The molecule has 2 N–H and O–H groups in total. The van der Waals surface area contributed by atoms with Gasteiger partial charge in [0.1, 0.15) is 0 Å². The summed E-state index contributed by atoms with van der Waals surface area (Å²) in [6.07, 6.45) is 1.11. The van der Waals surface area contributed by atoms with Gasteiger partial charge in [-0.25, -0.2) is 0 Å². The Morgan fingerprint density at radius 3 is 2.63 bits per heavy atom. The molecule has 0 fully saturated rings. The molecule has 108 valence electrons. The number of aliphatic hydroxyl groups is 1. The lowest BCUT2D eigenvalue weighted by Crippen LogP contribution is -2.36. The van der Waals surface area contributed by atoms with Crippen molar-refractivity contribution in [2.24, 2.45) is 0 Å². The highest BCUT2D eigenvalue weighted by atomic mass is 35.5. The largest absolute Gasteiger partial charge is 0.389 e. The summed E-state index contributed by atoms with van der Waals surface area (Å²) in [7, 11) is 1.98. The van der Waals surface area contributed by atoms with Crippen molar-refractivity contribution in [3.63, 3.8) is 0 Å². The summed E-state index contributed by atoms with van der Waals surface area (Å²) in [5, 5.41) is 14.0. The predicted molar refractivity (Wildman–Crippen MR) is 83.0 cm³/mol. The van der Waals surface area contributed by atoms with Crippen LogP contribution in [-0.4, -0.2) is 30.8 Å². The number of hydrogen-bond donors (Lipinski definition) is 2. The third-order valence-corrected chi connectivity index (χ3v) is 3.06. The van der Waals surface area contributed by atoms with E-state index in [9.17, 15) is 5.11 Å². The highest BCUT2D eigenvalue weighted by Crippen LogP contribution is 2.25. The maximum Gasteiger partial charge on any atom is 0.0765 e. The van der Waals surface area contributed by atoms with Crippen molar-refractivity contribution in [3.05, 3.63) is 28.8 Å². The molecule has 3 nitrogen and oxygen atoms in total. The van der Waals surface area contributed by atoms with Gasteiger partial charge in [0.2, 0.25) is 0 Å². The van der Waals surface area contributed by atoms with Crippen LogP contribution < -0.4 is 10.2 Å². The number of rotatable bonds is 7. The van der Waals surface area contributed by atoms with Gasteiger partial charge < -0.3 is 15.3 Å². The molecule has 0 atom stereocenters. The van der Waals surface area contributed by atoms with E-state index in [-0.39, 0.29) is 0 Å². The van der Waals surface area contributed by atoms with Gasteiger partial charge in [0.25, 0.3) is 0 Å². The maximum atomic E-state index is 9.93. The molecular weight excluding hydrogens is 260 g/mol. The van der Waals surface area contributed by atoms with Crippen molar-refractivity contribution in [3.8, 4) is 0 Å². The normalized spacial score (nSPS) is 11.7. The van der Waals surface area contributed by atoms with E-state index >= 15 is 0 Å². The lowest BCUT2D eigenvalue weighted by Gasteiger charge is -2.29. The van der Waals surface area contributed by atoms with E-state index in [2.05, 4.69) is 17.1 Å². The maximum absolute atomic E-state index is 9.93. The van der Waals surface area contributed by atoms with Crippen LogP contribution in [0.5, 0.6) is 0 Å². The van der Waals surface area contributed by atoms with Crippen molar-refractivity contribution in [2.75, 3.05) is 25.0 Å². The summed E-state index contributed by atoms with van der Waals surface area (Å²) < 4.78 is 0. The van der Waals surface area contributed by atoms with E-state index in [1.165, 1.54) is 5.56 Å². The smallest absolute Gasteiger partial charge is 0.0765 e. The van der Waals surface area contributed by atoms with Gasteiger partial charge in [-0.05, 0) is 44.5 Å². The predicted octanol–water partition coefficient (Wildman–Crippen LogP) is 3.05. The van der Waals surface area contributed by atoms with E-state index in [1.807, 2.05) is 39.1 Å². The summed E-state index contributed by atoms with van der Waals surface area (Å²) in [6.45, 7) is 8.14. The van der Waals surface area contributed by atoms with Crippen LogP contribution in [0.4, 0.5) is 5.69 Å². The van der Waals surface area contributed by atoms with Crippen LogP contribution in [0.25, 0.3) is 0 Å². The van der Waals surface area contributed by atoms with Crippen LogP contribution in [-0.2, 0) is 6.54 Å². The van der Waals surface area contributed by atoms with Gasteiger partial charge >= 0.3 is 0 Å². The fourth-order valence-electron chi connectivity index (χ4n) is 2.11. The molecule has 0 heterocycles. The number of nitrogens with zero attached hydrogens (tertiary/aromatic N) is 1. The van der Waals surface area contributed by atoms with Crippen LogP contribution in [0.3, 0.4) is 0 Å². The minimum Gasteiger partial charge on any atom is -0.389 e. The zero-order valence-corrected chi connectivity index (χ0v) is 13.1. The SMILES string of the molecule is CCCNCc1ccc(Cl)cc1N(C)CC(C)(C)O. The Morgan fingerprint density at radius 2 is 2.05 bits per heavy atom. The molecule has 4 heteroatoms. The number of benzene rings is 1. The van der Waals surface area contributed by atoms with Gasteiger partial charge in [-0.1, -0.05) is 24.6 Å². The van der Waals surface area contributed by atoms with Crippen LogP contribution in [0.15, 0.2) is 18.2 Å². The average molecular weight is 285 g/mol. The molecule has 0 aliphatic heterocycles. The highest BCUT2D eigenvalue weighted by Gasteiger charge is 2.17. The molecule has 0 unspecified atom stereocenters. The number of likely N-dealkylation sites (N-methyl/N-ethyl adjacent to an activating group) is 1. The quantitative estimate of drug-likeness (QED) is 0.756. The molecule has 0 bridgehead atoms. The first kappa shape index (κ1) is 16.3. The van der Waals surface area contributed by atoms with Gasteiger partial charge in [0.05, 0.1) is 5.60 Å². The number of halogens is 1. The second-order valence-corrected chi connectivity index (χ2v) is 6.05. The van der Waals surface area contributed by atoms with Gasteiger partial charge in [-0.15, -0.1) is 0 Å². The van der Waals surface area contributed by atoms with Gasteiger partial charge in [0, 0.05) is 30.8 Å². The molecule has 0 saturated carbocycles. The number of anilines is 1. The minimum atomic E-state index is -0.731. The molecule has 0 aliphatic carbocycles. The van der Waals surface area contributed by atoms with Crippen LogP contribution in [0.2, 0.25) is 5.02 Å². The molecule has 1 aromatic carbocycles. The Kier molecular flexibility index (Phi) is 6.11. The first-order chi connectivity index (χ1) is 8.83. The molecule has 0 radical (unpaired) electrons. The van der Waals surface area contributed by atoms with E-state index < -0.39 is 5.60 Å². The number of hydrogen-bond acceptors (Lipinski definition) is 3. The Morgan fingerprint density at radius 1 is 1.37 bits per heavy atom. The lowest BCUT2D eigenvalue weighted by atomic mass is 10.1. The van der Waals surface area contributed by atoms with E-state index in [0.717, 1.165) is 30.2 Å². The van der Waals surface area contributed by atoms with Crippen LogP contribution in [0, 0.1) is 0 Å². The van der Waals surface area contributed by atoms with Crippen molar-refractivity contribution in [1.82, 2.24) is 5.32 Å². The summed E-state index contributed by atoms with van der Waals surface area (Å²) in [5.74, 6) is 0. The van der Waals surface area contributed by atoms with Crippen molar-refractivity contribution in [2.45, 2.75) is 39.3 Å². The monoisotopic (exact) mass is 284 g/mol. The Balaban J connectivity index is 2.86. The van der Waals surface area contributed by atoms with Gasteiger partial charge in [-0.2, -0.15) is 0 Å². The Labute approximate surface area is 121 Å². The fourth-order valence-corrected chi connectivity index (χ4v) is 2.27. The molecule has 0 aromatic heterocycles. The third-order valence-electron chi connectivity index (χ3n) is 2.82. The standard InChI is InChI=1S/C15H25ClN2O/c1-5-8-17-10-12-6-7-13(16)9-14(12)18(4)11-15(2,3)19/h6-7,9,17,19H,5,8,10-11H2,1-4H3. The van der Waals surface area contributed by atoms with E-state index in [0.29, 0.717) is 6.54 Å². The second-order valence-electron chi connectivity index (χ2n) is 5.62. The van der Waals surface area contributed by atoms with Crippen molar-refractivity contribution in [1.29, 1.82) is 0 Å². The summed E-state index contributed by atoms with van der Waals surface area (Å²) in [6, 6.07) is 5.91. The summed E-state index contributed by atoms with van der Waals surface area (Å²) >= 11 is 6.08. The zero-order chi connectivity index (χ0) is 14.5. The molecule has 0 aliphatic rings. The Bertz CT molecular complexity index is 402. The molecule has 1 aromatic rings. The molecule has 1 rings (SSSR count). The van der Waals surface area contributed by atoms with Gasteiger partial charge in [0.15, 0.2) is 0 Å². The van der Waals surface area contributed by atoms with Crippen LogP contribution in [0.1, 0.15) is 32.8 Å². The van der Waals surface area contributed by atoms with Crippen LogP contribution >= 0.6 is 11.6 Å². The average Bonchev–Trinajstić information content (AvgIpc) is 2.29. The van der Waals surface area contributed by atoms with Crippen molar-refractivity contribution < 1.29 is 5.11 Å². The minimum absolute atomic E-state index is 0.564. The van der Waals surface area contributed by atoms with E-state index in [4.69, 9.17) is 11.6 Å². The summed E-state index contributed by atoms with van der Waals surface area (Å²) in [5.41, 5.74) is 1.54. The molecule has 0 amide bonds. The highest BCUT2D eigenvalue weighted by molar-refractivity contribution is 6.30. The molecule has 19 heavy (non-hydrogen) atoms. The summed E-state index contributed by atoms with van der Waals surface area (Å²) in [4.78, 5) is 2.05. The first-order valence-corrected chi connectivity index (χ1v) is 7.14. The van der Waals surface area contributed by atoms with E-state index in [1.54, 1.807) is 0 Å².